The molecule has 0 radical (unpaired) electrons. The van der Waals surface area contributed by atoms with Crippen molar-refractivity contribution in [2.24, 2.45) is 5.92 Å². The molecule has 0 spiro atoms. The number of fused-ring (bicyclic) bond motifs is 1. The first-order valence-corrected chi connectivity index (χ1v) is 9.06. The highest BCUT2D eigenvalue weighted by atomic mass is 16.5. The van der Waals surface area contributed by atoms with E-state index in [-0.39, 0.29) is 24.2 Å². The Morgan fingerprint density at radius 2 is 1.81 bits per heavy atom. The fourth-order valence-corrected chi connectivity index (χ4v) is 3.66. The molecule has 1 saturated heterocycles. The van der Waals surface area contributed by atoms with Crippen LogP contribution >= 0.6 is 0 Å². The van der Waals surface area contributed by atoms with Gasteiger partial charge in [-0.15, -0.1) is 0 Å². The molecule has 1 N–H and O–H groups in total. The standard InChI is InChI=1S/C21H25NO4/c1-14(21(25)22-9-7-15(8-10-22)11-20(23)24)16-3-4-18-13-19(26-2)6-5-17(18)12-16/h3-6,12-15H,7-11H2,1-2H3,(H,23,24). The van der Waals surface area contributed by atoms with Gasteiger partial charge in [-0.2, -0.15) is 0 Å². The molecule has 2 aromatic rings. The van der Waals surface area contributed by atoms with Gasteiger partial charge in [0.05, 0.1) is 13.0 Å². The van der Waals surface area contributed by atoms with Crippen LogP contribution in [-0.2, 0) is 9.59 Å². The molecule has 26 heavy (non-hydrogen) atoms. The second kappa shape index (κ2) is 7.77. The molecule has 1 fully saturated rings. The van der Waals surface area contributed by atoms with Gasteiger partial charge in [0, 0.05) is 19.5 Å². The van der Waals surface area contributed by atoms with E-state index in [0.717, 1.165) is 34.9 Å². The normalized spacial score (nSPS) is 16.5. The summed E-state index contributed by atoms with van der Waals surface area (Å²) in [5.41, 5.74) is 1.00. The Balaban J connectivity index is 1.68. The molecule has 0 aromatic heterocycles. The predicted molar refractivity (Wildman–Crippen MR) is 100 cm³/mol. The molecule has 0 saturated carbocycles. The van der Waals surface area contributed by atoms with E-state index < -0.39 is 5.97 Å². The third kappa shape index (κ3) is 3.98. The largest absolute Gasteiger partial charge is 0.497 e. The van der Waals surface area contributed by atoms with Gasteiger partial charge in [-0.05, 0) is 54.2 Å². The number of amides is 1. The fraction of sp³-hybridized carbons (Fsp3) is 0.429. The molecule has 1 aliphatic rings. The summed E-state index contributed by atoms with van der Waals surface area (Å²) in [5.74, 6) is 0.154. The molecule has 1 aliphatic heterocycles. The van der Waals surface area contributed by atoms with E-state index in [1.165, 1.54) is 0 Å². The summed E-state index contributed by atoms with van der Waals surface area (Å²) in [6, 6.07) is 12.0. The zero-order valence-corrected chi connectivity index (χ0v) is 15.3. The zero-order valence-electron chi connectivity index (χ0n) is 15.3. The zero-order chi connectivity index (χ0) is 18.7. The minimum absolute atomic E-state index is 0.117. The number of hydrogen-bond acceptors (Lipinski definition) is 3. The number of hydrogen-bond donors (Lipinski definition) is 1. The summed E-state index contributed by atoms with van der Waals surface area (Å²) in [7, 11) is 1.65. The fourth-order valence-electron chi connectivity index (χ4n) is 3.66. The Morgan fingerprint density at radius 3 is 2.46 bits per heavy atom. The number of carbonyl (C=O) groups excluding carboxylic acids is 1. The van der Waals surface area contributed by atoms with E-state index in [4.69, 9.17) is 9.84 Å². The Bertz CT molecular complexity index is 809. The maximum atomic E-state index is 12.9. The first-order valence-electron chi connectivity index (χ1n) is 9.06. The summed E-state index contributed by atoms with van der Waals surface area (Å²) < 4.78 is 5.25. The third-order valence-corrected chi connectivity index (χ3v) is 5.33. The van der Waals surface area contributed by atoms with Crippen molar-refractivity contribution in [2.45, 2.75) is 32.1 Å². The molecule has 1 atom stereocenters. The first kappa shape index (κ1) is 18.2. The number of carbonyl (C=O) groups is 2. The minimum atomic E-state index is -0.754. The number of ether oxygens (including phenoxy) is 1. The van der Waals surface area contributed by atoms with Crippen LogP contribution in [0.5, 0.6) is 5.75 Å². The van der Waals surface area contributed by atoms with Crippen LogP contribution in [0.4, 0.5) is 0 Å². The van der Waals surface area contributed by atoms with E-state index in [1.807, 2.05) is 42.2 Å². The van der Waals surface area contributed by atoms with Gasteiger partial charge in [0.1, 0.15) is 5.75 Å². The van der Waals surface area contributed by atoms with Gasteiger partial charge < -0.3 is 14.7 Å². The molecule has 1 amide bonds. The molecule has 5 nitrogen and oxygen atoms in total. The van der Waals surface area contributed by atoms with Crippen molar-refractivity contribution < 1.29 is 19.4 Å². The van der Waals surface area contributed by atoms with Crippen molar-refractivity contribution in [3.63, 3.8) is 0 Å². The molecular formula is C21H25NO4. The lowest BCUT2D eigenvalue weighted by Gasteiger charge is -2.33. The van der Waals surface area contributed by atoms with Crippen LogP contribution in [-0.4, -0.2) is 42.1 Å². The van der Waals surface area contributed by atoms with Crippen LogP contribution in [0.1, 0.15) is 37.7 Å². The molecule has 2 aromatic carbocycles. The first-order chi connectivity index (χ1) is 12.5. The number of methoxy groups -OCH3 is 1. The van der Waals surface area contributed by atoms with Crippen molar-refractivity contribution in [1.29, 1.82) is 0 Å². The van der Waals surface area contributed by atoms with Gasteiger partial charge in [0.25, 0.3) is 0 Å². The van der Waals surface area contributed by atoms with Crippen molar-refractivity contribution in [1.82, 2.24) is 4.90 Å². The number of aliphatic carboxylic acids is 1. The average molecular weight is 355 g/mol. The summed E-state index contributed by atoms with van der Waals surface area (Å²) in [4.78, 5) is 25.6. The van der Waals surface area contributed by atoms with Gasteiger partial charge >= 0.3 is 5.97 Å². The maximum Gasteiger partial charge on any atom is 0.303 e. The van der Waals surface area contributed by atoms with E-state index in [2.05, 4.69) is 6.07 Å². The topological polar surface area (TPSA) is 66.8 Å². The van der Waals surface area contributed by atoms with Crippen molar-refractivity contribution in [3.05, 3.63) is 42.0 Å². The number of likely N-dealkylation sites (tertiary alicyclic amines) is 1. The Morgan fingerprint density at radius 1 is 1.15 bits per heavy atom. The quantitative estimate of drug-likeness (QED) is 0.889. The lowest BCUT2D eigenvalue weighted by molar-refractivity contribution is -0.138. The lowest BCUT2D eigenvalue weighted by Crippen LogP contribution is -2.40. The molecule has 1 unspecified atom stereocenters. The minimum Gasteiger partial charge on any atom is -0.497 e. The molecule has 1 heterocycles. The number of nitrogens with zero attached hydrogens (tertiary/aromatic N) is 1. The van der Waals surface area contributed by atoms with Crippen LogP contribution in [0.15, 0.2) is 36.4 Å². The highest BCUT2D eigenvalue weighted by Gasteiger charge is 2.27. The predicted octanol–water partition coefficient (Wildman–Crippen LogP) is 3.67. The average Bonchev–Trinajstić information content (AvgIpc) is 2.66. The molecule has 0 aliphatic carbocycles. The van der Waals surface area contributed by atoms with Crippen LogP contribution in [0, 0.1) is 5.92 Å². The molecule has 138 valence electrons. The van der Waals surface area contributed by atoms with Gasteiger partial charge in [0.2, 0.25) is 5.91 Å². The Labute approximate surface area is 153 Å². The highest BCUT2D eigenvalue weighted by molar-refractivity contribution is 5.88. The smallest absolute Gasteiger partial charge is 0.303 e. The van der Waals surface area contributed by atoms with Gasteiger partial charge in [-0.25, -0.2) is 0 Å². The summed E-state index contributed by atoms with van der Waals surface area (Å²) in [5, 5.41) is 11.1. The number of carboxylic acids is 1. The second-order valence-electron chi connectivity index (χ2n) is 7.06. The molecular weight excluding hydrogens is 330 g/mol. The lowest BCUT2D eigenvalue weighted by atomic mass is 9.91. The highest BCUT2D eigenvalue weighted by Crippen LogP contribution is 2.28. The van der Waals surface area contributed by atoms with Crippen LogP contribution < -0.4 is 4.74 Å². The summed E-state index contributed by atoms with van der Waals surface area (Å²) in [6.07, 6.45) is 1.73. The number of piperidine rings is 1. The summed E-state index contributed by atoms with van der Waals surface area (Å²) in [6.45, 7) is 3.23. The van der Waals surface area contributed by atoms with Crippen molar-refractivity contribution in [3.8, 4) is 5.75 Å². The molecule has 5 heteroatoms. The van der Waals surface area contributed by atoms with Crippen LogP contribution in [0.3, 0.4) is 0 Å². The Hall–Kier alpha value is -2.56. The van der Waals surface area contributed by atoms with E-state index >= 15 is 0 Å². The SMILES string of the molecule is COc1ccc2cc(C(C)C(=O)N3CCC(CC(=O)O)CC3)ccc2c1. The van der Waals surface area contributed by atoms with E-state index in [9.17, 15) is 9.59 Å². The van der Waals surface area contributed by atoms with E-state index in [1.54, 1.807) is 7.11 Å². The molecule has 3 rings (SSSR count). The van der Waals surface area contributed by atoms with Crippen molar-refractivity contribution in [2.75, 3.05) is 20.2 Å². The van der Waals surface area contributed by atoms with Gasteiger partial charge in [0.15, 0.2) is 0 Å². The van der Waals surface area contributed by atoms with Gasteiger partial charge in [-0.3, -0.25) is 9.59 Å². The maximum absolute atomic E-state index is 12.9. The number of benzene rings is 2. The van der Waals surface area contributed by atoms with Crippen LogP contribution in [0.25, 0.3) is 10.8 Å². The van der Waals surface area contributed by atoms with E-state index in [0.29, 0.717) is 13.1 Å². The van der Waals surface area contributed by atoms with Crippen LogP contribution in [0.2, 0.25) is 0 Å². The third-order valence-electron chi connectivity index (χ3n) is 5.33. The Kier molecular flexibility index (Phi) is 5.45. The van der Waals surface area contributed by atoms with Crippen molar-refractivity contribution >= 4 is 22.6 Å². The number of rotatable bonds is 5. The number of carboxylic acid groups (broad SMARTS) is 1. The summed E-state index contributed by atoms with van der Waals surface area (Å²) >= 11 is 0. The monoisotopic (exact) mass is 355 g/mol. The van der Waals surface area contributed by atoms with Gasteiger partial charge in [-0.1, -0.05) is 24.3 Å². The second-order valence-corrected chi connectivity index (χ2v) is 7.06. The molecule has 0 bridgehead atoms.